The minimum atomic E-state index is -4.69. The van der Waals surface area contributed by atoms with Gasteiger partial charge in [-0.15, -0.1) is 11.3 Å². The molecule has 2 aliphatic rings. The van der Waals surface area contributed by atoms with E-state index < -0.39 is 53.1 Å². The van der Waals surface area contributed by atoms with E-state index in [2.05, 4.69) is 21.1 Å². The summed E-state index contributed by atoms with van der Waals surface area (Å²) in [5.74, 6) is -3.57. The molecule has 0 amide bonds. The zero-order chi connectivity index (χ0) is 39.1. The second kappa shape index (κ2) is 17.8. The summed E-state index contributed by atoms with van der Waals surface area (Å²) in [6.45, 7) is -0.613. The van der Waals surface area contributed by atoms with Gasteiger partial charge in [-0.1, -0.05) is 12.5 Å². The molecule has 292 valence electrons. The van der Waals surface area contributed by atoms with Gasteiger partial charge in [-0.25, -0.2) is 0 Å². The number of carbonyl (C=O) groups excluding carboxylic acids is 2. The van der Waals surface area contributed by atoms with Gasteiger partial charge in [0.1, 0.15) is 5.75 Å². The molecule has 1 atom stereocenters. The third-order valence-electron chi connectivity index (χ3n) is 9.43. The molecule has 12 nitrogen and oxygen atoms in total. The van der Waals surface area contributed by atoms with Crippen LogP contribution in [0.4, 0.5) is 8.63 Å². The van der Waals surface area contributed by atoms with Crippen LogP contribution in [-0.4, -0.2) is 127 Å². The van der Waals surface area contributed by atoms with Crippen LogP contribution < -0.4 is 0 Å². The summed E-state index contributed by atoms with van der Waals surface area (Å²) in [5.41, 5.74) is 2.89. The molecule has 0 aromatic carbocycles. The number of unbranched alkanes of at least 4 members (excludes halogenated alkanes) is 2. The van der Waals surface area contributed by atoms with Crippen LogP contribution in [0.25, 0.3) is 6.08 Å². The number of ketones is 1. The smallest absolute Gasteiger partial charge is 0.481 e. The van der Waals surface area contributed by atoms with E-state index in [1.54, 1.807) is 19.1 Å². The molecule has 0 saturated heterocycles. The highest BCUT2D eigenvalue weighted by Crippen LogP contribution is 2.40. The first-order valence-electron chi connectivity index (χ1n) is 18.0. The molecule has 0 bridgehead atoms. The number of hydrogen-bond acceptors (Lipinski definition) is 8. The highest BCUT2D eigenvalue weighted by Gasteiger charge is 2.54. The molecule has 2 aromatic rings. The second-order valence-electron chi connectivity index (χ2n) is 15.0. The monoisotopic (exact) mass is 781 g/mol. The lowest BCUT2D eigenvalue weighted by molar-refractivity contribution is -0.870. The Morgan fingerprint density at radius 1 is 1.04 bits per heavy atom. The lowest BCUT2D eigenvalue weighted by atomic mass is 9.88. The Bertz CT molecular complexity index is 1860. The fourth-order valence-electron chi connectivity index (χ4n) is 6.84. The summed E-state index contributed by atoms with van der Waals surface area (Å²) in [4.78, 5) is 39.3. The fourth-order valence-corrected chi connectivity index (χ4v) is 8.21. The summed E-state index contributed by atoms with van der Waals surface area (Å²) in [5, 5.41) is 10.6. The van der Waals surface area contributed by atoms with Crippen LogP contribution in [0.2, 0.25) is 0 Å². The van der Waals surface area contributed by atoms with Crippen molar-refractivity contribution < 1.29 is 54.8 Å². The minimum Gasteiger partial charge on any atom is -0.481 e. The van der Waals surface area contributed by atoms with E-state index in [-0.39, 0.29) is 25.0 Å². The van der Waals surface area contributed by atoms with Crippen molar-refractivity contribution >= 4 is 57.9 Å². The number of ether oxygens (including phenoxy) is 1. The van der Waals surface area contributed by atoms with Gasteiger partial charge in [0, 0.05) is 42.7 Å². The van der Waals surface area contributed by atoms with Crippen LogP contribution in [0, 0.1) is 6.92 Å². The van der Waals surface area contributed by atoms with Crippen LogP contribution in [-0.2, 0) is 35.7 Å². The molecule has 2 aromatic heterocycles. The Hall–Kier alpha value is -3.51. The number of aryl methyl sites for hydroxylation is 2. The second-order valence-corrected chi connectivity index (χ2v) is 17.5. The third kappa shape index (κ3) is 11.7. The van der Waals surface area contributed by atoms with E-state index >= 15 is 8.63 Å². The van der Waals surface area contributed by atoms with E-state index in [0.29, 0.717) is 59.9 Å². The highest BCUT2D eigenvalue weighted by molar-refractivity contribution is 7.85. The van der Waals surface area contributed by atoms with Crippen molar-refractivity contribution in [3.63, 3.8) is 0 Å². The molecular formula is C36H52BF2N4O8S2+. The van der Waals surface area contributed by atoms with Gasteiger partial charge in [-0.05, 0) is 87.9 Å². The van der Waals surface area contributed by atoms with Crippen molar-refractivity contribution in [3.8, 4) is 0 Å². The fraction of sp³-hybridized carbons (Fsp3) is 0.556. The lowest BCUT2D eigenvalue weighted by Crippen LogP contribution is -2.51. The third-order valence-corrected chi connectivity index (χ3v) is 11.0. The average molecular weight is 782 g/mol. The molecule has 0 aliphatic carbocycles. The van der Waals surface area contributed by atoms with E-state index in [0.717, 1.165) is 44.8 Å². The van der Waals surface area contributed by atoms with Gasteiger partial charge in [0.25, 0.3) is 10.1 Å². The average Bonchev–Trinajstić information content (AvgIpc) is 3.77. The van der Waals surface area contributed by atoms with Crippen molar-refractivity contribution in [3.05, 3.63) is 62.8 Å². The summed E-state index contributed by atoms with van der Waals surface area (Å²) in [6, 6.07) is 5.26. The van der Waals surface area contributed by atoms with Gasteiger partial charge >= 0.3 is 18.9 Å². The summed E-state index contributed by atoms with van der Waals surface area (Å²) < 4.78 is 74.8. The topological polar surface area (TPSA) is 146 Å². The largest absolute Gasteiger partial charge is 0.737 e. The molecule has 4 heterocycles. The Labute approximate surface area is 314 Å². The van der Waals surface area contributed by atoms with Crippen molar-refractivity contribution in [1.29, 1.82) is 0 Å². The summed E-state index contributed by atoms with van der Waals surface area (Å²) in [6.07, 6.45) is 5.21. The van der Waals surface area contributed by atoms with Crippen LogP contribution in [0.3, 0.4) is 0 Å². The number of nitrogens with zero attached hydrogens (tertiary/aromatic N) is 4. The predicted octanol–water partition coefficient (Wildman–Crippen LogP) is 5.02. The number of quaternary nitrogens is 1. The van der Waals surface area contributed by atoms with Gasteiger partial charge < -0.3 is 36.8 Å². The number of rotatable bonds is 22. The number of carboxylic acid groups (broad SMARTS) is 1. The SMILES string of the molecule is Cc1cc(CCC(=O)O[C@@H](CS(=O)(=O)O)C(=O)CCCN(C)CCCCCC(=O)O)n2c1C=C1C(CCC[N+](C)(C)C)=CC(c3cccs3)=[N+]1[B-]2(F)F. The zero-order valence-electron chi connectivity index (χ0n) is 31.2. The van der Waals surface area contributed by atoms with Gasteiger partial charge in [0.05, 0.1) is 39.0 Å². The van der Waals surface area contributed by atoms with E-state index in [9.17, 15) is 27.4 Å². The normalized spacial score (nSPS) is 15.9. The first-order valence-corrected chi connectivity index (χ1v) is 20.5. The molecule has 53 heavy (non-hydrogen) atoms. The van der Waals surface area contributed by atoms with E-state index in [1.807, 2.05) is 35.5 Å². The lowest BCUT2D eigenvalue weighted by Gasteiger charge is -2.31. The number of esters is 1. The number of fused-ring (bicyclic) bond motifs is 2. The molecular weight excluding hydrogens is 729 g/mol. The van der Waals surface area contributed by atoms with E-state index in [4.69, 9.17) is 9.84 Å². The number of aromatic nitrogens is 1. The number of hydrogen-bond donors (Lipinski definition) is 2. The van der Waals surface area contributed by atoms with Crippen molar-refractivity contribution in [1.82, 2.24) is 9.38 Å². The molecule has 2 aliphatic heterocycles. The summed E-state index contributed by atoms with van der Waals surface area (Å²) in [7, 11) is 3.43. The predicted molar refractivity (Wildman–Crippen MR) is 202 cm³/mol. The molecule has 2 N–H and O–H groups in total. The molecule has 17 heteroatoms. The number of carboxylic acids is 1. The van der Waals surface area contributed by atoms with E-state index in [1.165, 1.54) is 11.3 Å². The van der Waals surface area contributed by atoms with Crippen LogP contribution >= 0.6 is 11.3 Å². The molecule has 0 fully saturated rings. The standard InChI is InChI=1S/C36H51BF2N4O8S2/c1-26-22-28(16-17-36(47)51-33(25-53(48,49)50)32(44)13-9-19-40(2)18-8-6-7-15-35(45)46)41-29(26)24-30-27(12-10-20-43(3,4)5)23-31(34-14-11-21-52-34)42(30)37(41,38)39/h11,14,21-24,33H,6-10,12-13,15-20,25H2,1-5H3,(H-,45,46,48,49,50)/p+1/t33-/m0/s1. The Morgan fingerprint density at radius 2 is 1.75 bits per heavy atom. The van der Waals surface area contributed by atoms with Gasteiger partial charge in [-0.2, -0.15) is 8.42 Å². The maximum Gasteiger partial charge on any atom is 0.737 e. The van der Waals surface area contributed by atoms with Crippen LogP contribution in [0.15, 0.2) is 40.9 Å². The molecule has 0 radical (unpaired) electrons. The number of allylic oxidation sites excluding steroid dienone is 2. The number of aliphatic carboxylic acids is 1. The molecule has 4 rings (SSSR count). The maximum absolute atomic E-state index is 16.9. The maximum atomic E-state index is 16.9. The van der Waals surface area contributed by atoms with Crippen LogP contribution in [0.1, 0.15) is 79.6 Å². The van der Waals surface area contributed by atoms with Gasteiger partial charge in [0.2, 0.25) is 0 Å². The number of Topliss-reactive ketones (excluding diaryl/α,β-unsaturated/α-hetero) is 1. The quantitative estimate of drug-likeness (QED) is 0.0553. The van der Waals surface area contributed by atoms with Gasteiger partial charge in [0.15, 0.2) is 23.3 Å². The van der Waals surface area contributed by atoms with Crippen molar-refractivity contribution in [2.45, 2.75) is 77.2 Å². The summed E-state index contributed by atoms with van der Waals surface area (Å²) >= 11 is 1.38. The molecule has 0 unspecified atom stereocenters. The zero-order valence-corrected chi connectivity index (χ0v) is 32.9. The Kier molecular flexibility index (Phi) is 14.1. The van der Waals surface area contributed by atoms with Crippen molar-refractivity contribution in [2.24, 2.45) is 0 Å². The van der Waals surface area contributed by atoms with Crippen LogP contribution in [0.5, 0.6) is 0 Å². The van der Waals surface area contributed by atoms with Gasteiger partial charge in [-0.3, -0.25) is 18.9 Å². The Morgan fingerprint density at radius 3 is 2.40 bits per heavy atom. The molecule has 0 spiro atoms. The number of halogens is 2. The molecule has 0 saturated carbocycles. The number of thiophene rings is 1. The van der Waals surface area contributed by atoms with Crippen molar-refractivity contribution in [2.75, 3.05) is 53.6 Å². The number of carbonyl (C=O) groups is 3. The minimum absolute atomic E-state index is 0.107. The first kappa shape index (κ1) is 42.2. The first-order chi connectivity index (χ1) is 24.8. The Balaban J connectivity index is 1.45. The highest BCUT2D eigenvalue weighted by atomic mass is 32.2.